The molecule has 1 atom stereocenters. The molecule has 20 heavy (non-hydrogen) atoms. The van der Waals surface area contributed by atoms with Gasteiger partial charge in [-0.2, -0.15) is 4.31 Å². The molecule has 2 rings (SSSR count). The highest BCUT2D eigenvalue weighted by molar-refractivity contribution is 7.89. The van der Waals surface area contributed by atoms with Gasteiger partial charge in [-0.15, -0.1) is 0 Å². The van der Waals surface area contributed by atoms with Crippen molar-refractivity contribution in [3.63, 3.8) is 0 Å². The molecule has 1 aromatic carbocycles. The summed E-state index contributed by atoms with van der Waals surface area (Å²) >= 11 is 0. The highest BCUT2D eigenvalue weighted by Crippen LogP contribution is 2.31. The van der Waals surface area contributed by atoms with Crippen molar-refractivity contribution in [1.82, 2.24) is 4.31 Å². The monoisotopic (exact) mass is 298 g/mol. The van der Waals surface area contributed by atoms with Crippen LogP contribution in [0, 0.1) is 6.92 Å². The second kappa shape index (κ2) is 6.11. The van der Waals surface area contributed by atoms with Crippen LogP contribution in [-0.2, 0) is 10.0 Å². The lowest BCUT2D eigenvalue weighted by atomic mass is 10.1. The van der Waals surface area contributed by atoms with E-state index in [1.807, 2.05) is 0 Å². The number of nitrogen functional groups attached to an aromatic ring is 1. The average Bonchev–Trinajstić information content (AvgIpc) is 2.88. The van der Waals surface area contributed by atoms with Crippen LogP contribution in [0.2, 0.25) is 0 Å². The van der Waals surface area contributed by atoms with Gasteiger partial charge in [0, 0.05) is 24.9 Å². The van der Waals surface area contributed by atoms with Gasteiger partial charge in [0.05, 0.1) is 4.90 Å². The van der Waals surface area contributed by atoms with Crippen LogP contribution in [0.25, 0.3) is 0 Å². The summed E-state index contributed by atoms with van der Waals surface area (Å²) in [7, 11) is -3.50. The molecule has 0 amide bonds. The molecule has 0 bridgehead atoms. The van der Waals surface area contributed by atoms with Gasteiger partial charge in [0.1, 0.15) is 0 Å². The van der Waals surface area contributed by atoms with Crippen molar-refractivity contribution in [2.75, 3.05) is 18.9 Å². The minimum Gasteiger partial charge on any atom is -0.398 e. The predicted octanol–water partition coefficient (Wildman–Crippen LogP) is 1.50. The molecule has 3 N–H and O–H groups in total. The largest absolute Gasteiger partial charge is 0.398 e. The molecule has 1 aromatic rings. The van der Waals surface area contributed by atoms with E-state index in [0.717, 1.165) is 12.8 Å². The maximum Gasteiger partial charge on any atom is 0.243 e. The van der Waals surface area contributed by atoms with E-state index in [-0.39, 0.29) is 12.6 Å². The molecule has 0 radical (unpaired) electrons. The lowest BCUT2D eigenvalue weighted by Crippen LogP contribution is -2.36. The second-order valence-corrected chi connectivity index (χ2v) is 7.11. The number of hydrogen-bond acceptors (Lipinski definition) is 4. The topological polar surface area (TPSA) is 83.6 Å². The molecule has 1 fully saturated rings. The van der Waals surface area contributed by atoms with Crippen molar-refractivity contribution in [3.05, 3.63) is 23.8 Å². The molecule has 0 aromatic heterocycles. The number of rotatable bonds is 5. The van der Waals surface area contributed by atoms with Crippen molar-refractivity contribution >= 4 is 15.7 Å². The highest BCUT2D eigenvalue weighted by Gasteiger charge is 2.35. The first-order chi connectivity index (χ1) is 9.48. The van der Waals surface area contributed by atoms with Crippen molar-refractivity contribution in [1.29, 1.82) is 0 Å². The number of benzene rings is 1. The zero-order valence-corrected chi connectivity index (χ0v) is 12.6. The fraction of sp³-hybridized carbons (Fsp3) is 0.571. The molecule has 0 spiro atoms. The fourth-order valence-corrected chi connectivity index (χ4v) is 4.76. The molecule has 1 heterocycles. The third-order valence-corrected chi connectivity index (χ3v) is 6.03. The van der Waals surface area contributed by atoms with E-state index >= 15 is 0 Å². The summed E-state index contributed by atoms with van der Waals surface area (Å²) in [6.07, 6.45) is 3.07. The summed E-state index contributed by atoms with van der Waals surface area (Å²) in [5, 5.41) is 8.93. The average molecular weight is 298 g/mol. The van der Waals surface area contributed by atoms with Crippen LogP contribution < -0.4 is 5.73 Å². The summed E-state index contributed by atoms with van der Waals surface area (Å²) < 4.78 is 27.2. The molecular formula is C14H22N2O3S. The van der Waals surface area contributed by atoms with Gasteiger partial charge in [-0.25, -0.2) is 8.42 Å². The lowest BCUT2D eigenvalue weighted by Gasteiger charge is -2.25. The van der Waals surface area contributed by atoms with E-state index in [2.05, 4.69) is 0 Å². The van der Waals surface area contributed by atoms with Crippen LogP contribution in [0.3, 0.4) is 0 Å². The molecule has 5 nitrogen and oxygen atoms in total. The number of hydrogen-bond donors (Lipinski definition) is 2. The number of nitrogens with two attached hydrogens (primary N) is 1. The molecule has 0 aliphatic carbocycles. The highest BCUT2D eigenvalue weighted by atomic mass is 32.2. The maximum atomic E-state index is 12.8. The Bertz CT molecular complexity index is 572. The Morgan fingerprint density at radius 3 is 2.90 bits per heavy atom. The summed E-state index contributed by atoms with van der Waals surface area (Å²) in [4.78, 5) is 0.299. The summed E-state index contributed by atoms with van der Waals surface area (Å²) in [6.45, 7) is 2.38. The van der Waals surface area contributed by atoms with Gasteiger partial charge >= 0.3 is 0 Å². The summed E-state index contributed by atoms with van der Waals surface area (Å²) in [5.74, 6) is 0. The van der Waals surface area contributed by atoms with Gasteiger partial charge in [-0.1, -0.05) is 6.07 Å². The lowest BCUT2D eigenvalue weighted by molar-refractivity contribution is 0.264. The third-order valence-electron chi connectivity index (χ3n) is 3.93. The van der Waals surface area contributed by atoms with Crippen LogP contribution in [0.15, 0.2) is 23.1 Å². The van der Waals surface area contributed by atoms with E-state index in [0.29, 0.717) is 35.5 Å². The molecule has 1 unspecified atom stereocenters. The minimum absolute atomic E-state index is 0.00650. The van der Waals surface area contributed by atoms with Crippen molar-refractivity contribution < 1.29 is 13.5 Å². The zero-order valence-electron chi connectivity index (χ0n) is 11.7. The Kier molecular flexibility index (Phi) is 4.67. The number of aliphatic hydroxyl groups is 1. The van der Waals surface area contributed by atoms with Gasteiger partial charge in [0.25, 0.3) is 0 Å². The van der Waals surface area contributed by atoms with E-state index in [9.17, 15) is 8.42 Å². The van der Waals surface area contributed by atoms with Crippen molar-refractivity contribution in [2.24, 2.45) is 0 Å². The first-order valence-corrected chi connectivity index (χ1v) is 8.40. The SMILES string of the molecule is Cc1c(N)cccc1S(=O)(=O)N1CCCC1CCCO. The maximum absolute atomic E-state index is 12.8. The van der Waals surface area contributed by atoms with E-state index < -0.39 is 10.0 Å². The molecule has 0 saturated carbocycles. The molecular weight excluding hydrogens is 276 g/mol. The zero-order chi connectivity index (χ0) is 14.8. The van der Waals surface area contributed by atoms with Gasteiger partial charge < -0.3 is 10.8 Å². The van der Waals surface area contributed by atoms with Crippen molar-refractivity contribution in [2.45, 2.75) is 43.5 Å². The number of nitrogens with zero attached hydrogens (tertiary/aromatic N) is 1. The van der Waals surface area contributed by atoms with Crippen LogP contribution in [0.5, 0.6) is 0 Å². The summed E-state index contributed by atoms with van der Waals surface area (Å²) in [5.41, 5.74) is 6.92. The van der Waals surface area contributed by atoms with E-state index in [1.54, 1.807) is 29.4 Å². The standard InChI is InChI=1S/C14H22N2O3S/c1-11-13(15)7-2-8-14(11)20(18,19)16-9-3-5-12(16)6-4-10-17/h2,7-8,12,17H,3-6,9-10,15H2,1H3. The van der Waals surface area contributed by atoms with E-state index in [1.165, 1.54) is 0 Å². The molecule has 1 aliphatic heterocycles. The van der Waals surface area contributed by atoms with Gasteiger partial charge in [0.15, 0.2) is 0 Å². The molecule has 112 valence electrons. The van der Waals surface area contributed by atoms with Crippen LogP contribution in [0.1, 0.15) is 31.2 Å². The van der Waals surface area contributed by atoms with Crippen LogP contribution >= 0.6 is 0 Å². The number of sulfonamides is 1. The number of anilines is 1. The van der Waals surface area contributed by atoms with Crippen LogP contribution in [0.4, 0.5) is 5.69 Å². The fourth-order valence-electron chi connectivity index (χ4n) is 2.78. The first kappa shape index (κ1) is 15.3. The van der Waals surface area contributed by atoms with Gasteiger partial charge in [-0.05, 0) is 50.3 Å². The van der Waals surface area contributed by atoms with Crippen molar-refractivity contribution in [3.8, 4) is 0 Å². The quantitative estimate of drug-likeness (QED) is 0.807. The molecule has 6 heteroatoms. The Balaban J connectivity index is 2.32. The Hall–Kier alpha value is -1.11. The first-order valence-electron chi connectivity index (χ1n) is 6.96. The smallest absolute Gasteiger partial charge is 0.243 e. The number of aliphatic hydroxyl groups excluding tert-OH is 1. The normalized spacial score (nSPS) is 20.4. The Morgan fingerprint density at radius 1 is 1.45 bits per heavy atom. The summed E-state index contributed by atoms with van der Waals surface area (Å²) in [6, 6.07) is 4.99. The molecule has 1 aliphatic rings. The van der Waals surface area contributed by atoms with Crippen LogP contribution in [-0.4, -0.2) is 37.0 Å². The molecule has 1 saturated heterocycles. The predicted molar refractivity (Wildman–Crippen MR) is 78.8 cm³/mol. The Labute approximate surface area is 120 Å². The van der Waals surface area contributed by atoms with E-state index in [4.69, 9.17) is 10.8 Å². The van der Waals surface area contributed by atoms with Gasteiger partial charge in [-0.3, -0.25) is 0 Å². The third kappa shape index (κ3) is 2.82. The second-order valence-electron chi connectivity index (χ2n) is 5.25. The Morgan fingerprint density at radius 2 is 2.20 bits per heavy atom. The van der Waals surface area contributed by atoms with Gasteiger partial charge in [0.2, 0.25) is 10.0 Å². The minimum atomic E-state index is -3.50.